The van der Waals surface area contributed by atoms with Crippen LogP contribution in [0.25, 0.3) is 0 Å². The van der Waals surface area contributed by atoms with E-state index in [0.29, 0.717) is 10.8 Å². The highest BCUT2D eigenvalue weighted by atomic mass is 19.1. The molecule has 1 aromatic rings. The maximum Gasteiger partial charge on any atom is 0.510 e. The third-order valence-electron chi connectivity index (χ3n) is 2.79. The number of nitrogens with one attached hydrogen (secondary N) is 3. The number of carbonyl (C=O) groups is 3. The topological polar surface area (TPSA) is 149 Å². The van der Waals surface area contributed by atoms with Gasteiger partial charge in [0.25, 0.3) is 5.56 Å². The van der Waals surface area contributed by atoms with Crippen molar-refractivity contribution in [2.45, 2.75) is 27.0 Å². The molecule has 1 aromatic heterocycles. The van der Waals surface area contributed by atoms with E-state index in [1.165, 1.54) is 7.05 Å². The lowest BCUT2D eigenvalue weighted by atomic mass is 10.3. The van der Waals surface area contributed by atoms with E-state index in [1.54, 1.807) is 4.98 Å². The Kier molecular flexibility index (Phi) is 9.99. The molecular formula is C14H21FN4O7. The van der Waals surface area contributed by atoms with E-state index in [4.69, 9.17) is 0 Å². The monoisotopic (exact) mass is 376 g/mol. The molecule has 0 radical (unpaired) electrons. The summed E-state index contributed by atoms with van der Waals surface area (Å²) >= 11 is 0. The molecule has 0 fully saturated rings. The van der Waals surface area contributed by atoms with E-state index >= 15 is 0 Å². The predicted molar refractivity (Wildman–Crippen MR) is 86.8 cm³/mol. The first-order valence-corrected chi connectivity index (χ1v) is 7.09. The lowest BCUT2D eigenvalue weighted by Crippen LogP contribution is -2.33. The van der Waals surface area contributed by atoms with E-state index in [-0.39, 0.29) is 39.3 Å². The Hall–Kier alpha value is -3.18. The summed E-state index contributed by atoms with van der Waals surface area (Å²) in [5, 5.41) is 4.79. The maximum absolute atomic E-state index is 13.0. The van der Waals surface area contributed by atoms with Crippen molar-refractivity contribution in [3.05, 3.63) is 32.9 Å². The van der Waals surface area contributed by atoms with Crippen molar-refractivity contribution in [2.24, 2.45) is 0 Å². The van der Waals surface area contributed by atoms with Crippen LogP contribution >= 0.6 is 0 Å². The quantitative estimate of drug-likeness (QED) is 0.392. The van der Waals surface area contributed by atoms with Crippen LogP contribution in [-0.2, 0) is 25.8 Å². The Labute approximate surface area is 147 Å². The zero-order valence-corrected chi connectivity index (χ0v) is 13.3. The van der Waals surface area contributed by atoms with Crippen molar-refractivity contribution in [2.75, 3.05) is 20.2 Å². The summed E-state index contributed by atoms with van der Waals surface area (Å²) in [5.41, 5.74) is -2.14. The van der Waals surface area contributed by atoms with Crippen LogP contribution in [0, 0.1) is 5.82 Å². The second kappa shape index (κ2) is 11.4. The van der Waals surface area contributed by atoms with Crippen molar-refractivity contribution in [1.29, 1.82) is 0 Å². The Bertz CT molecular complexity index is 744. The highest BCUT2D eigenvalue weighted by Gasteiger charge is 2.09. The molecule has 1 heterocycles. The average Bonchev–Trinajstić information content (AvgIpc) is 2.58. The van der Waals surface area contributed by atoms with Gasteiger partial charge < -0.3 is 20.1 Å². The fraction of sp³-hybridized carbons (Fsp3) is 0.500. The molecule has 0 aromatic carbocycles. The summed E-state index contributed by atoms with van der Waals surface area (Å²) < 4.78 is 22.8. The van der Waals surface area contributed by atoms with Gasteiger partial charge in [0.15, 0.2) is 6.73 Å². The Balaban J connectivity index is 0.00000625. The van der Waals surface area contributed by atoms with Crippen molar-refractivity contribution in [3.8, 4) is 0 Å². The molecule has 1 rings (SSSR count). The maximum atomic E-state index is 13.0. The van der Waals surface area contributed by atoms with Gasteiger partial charge in [-0.2, -0.15) is 4.39 Å². The number of hydrogen-bond donors (Lipinski definition) is 3. The third kappa shape index (κ3) is 8.08. The van der Waals surface area contributed by atoms with Crippen LogP contribution in [0.2, 0.25) is 0 Å². The van der Waals surface area contributed by atoms with Gasteiger partial charge in [0.1, 0.15) is 6.61 Å². The largest absolute Gasteiger partial charge is 0.510 e. The molecule has 146 valence electrons. The molecule has 2 amide bonds. The van der Waals surface area contributed by atoms with Crippen molar-refractivity contribution < 1.29 is 28.2 Å². The highest BCUT2D eigenvalue weighted by Crippen LogP contribution is 1.91. The number of amides is 2. The standard InChI is InChI=1S/C13H17FN4O7.CH4/c1-15-9(19)2-3-10(20)16-4-5-24-13(23)25-7-18-6-8(14)11(21)17-12(18)22;/h6H,2-5,7H2,1H3,(H,15,19)(H,16,20)(H,17,21,22);1H4. The van der Waals surface area contributed by atoms with Crippen LogP contribution in [0.1, 0.15) is 20.3 Å². The number of aromatic nitrogens is 2. The van der Waals surface area contributed by atoms with Crippen LogP contribution < -0.4 is 21.9 Å². The molecule has 0 atom stereocenters. The van der Waals surface area contributed by atoms with Gasteiger partial charge in [-0.05, 0) is 0 Å². The van der Waals surface area contributed by atoms with Crippen molar-refractivity contribution in [3.63, 3.8) is 0 Å². The summed E-state index contributed by atoms with van der Waals surface area (Å²) in [6.07, 6.45) is -0.542. The Morgan fingerprint density at radius 1 is 1.19 bits per heavy atom. The van der Waals surface area contributed by atoms with Gasteiger partial charge in [0.2, 0.25) is 17.6 Å². The van der Waals surface area contributed by atoms with Gasteiger partial charge in [0, 0.05) is 19.9 Å². The minimum atomic E-state index is -1.21. The first-order chi connectivity index (χ1) is 11.8. The average molecular weight is 376 g/mol. The summed E-state index contributed by atoms with van der Waals surface area (Å²) in [6.45, 7) is -0.877. The van der Waals surface area contributed by atoms with E-state index < -0.39 is 35.9 Å². The molecule has 0 saturated heterocycles. The first-order valence-electron chi connectivity index (χ1n) is 7.09. The van der Waals surface area contributed by atoms with E-state index in [1.807, 2.05) is 0 Å². The van der Waals surface area contributed by atoms with Gasteiger partial charge in [0.05, 0.1) is 12.7 Å². The lowest BCUT2D eigenvalue weighted by molar-refractivity contribution is -0.126. The van der Waals surface area contributed by atoms with Crippen LogP contribution in [0.5, 0.6) is 0 Å². The van der Waals surface area contributed by atoms with Crippen LogP contribution in [0.4, 0.5) is 9.18 Å². The Morgan fingerprint density at radius 3 is 2.50 bits per heavy atom. The van der Waals surface area contributed by atoms with Gasteiger partial charge >= 0.3 is 11.8 Å². The molecule has 26 heavy (non-hydrogen) atoms. The number of hydrogen-bond acceptors (Lipinski definition) is 7. The first kappa shape index (κ1) is 22.8. The van der Waals surface area contributed by atoms with Crippen LogP contribution in [0.15, 0.2) is 15.8 Å². The smallest absolute Gasteiger partial charge is 0.432 e. The van der Waals surface area contributed by atoms with Crippen molar-refractivity contribution >= 4 is 18.0 Å². The third-order valence-corrected chi connectivity index (χ3v) is 2.79. The minimum absolute atomic E-state index is 0. The Morgan fingerprint density at radius 2 is 1.85 bits per heavy atom. The molecular weight excluding hydrogens is 355 g/mol. The number of nitrogens with zero attached hydrogens (tertiary/aromatic N) is 1. The number of H-pyrrole nitrogens is 1. The van der Waals surface area contributed by atoms with Gasteiger partial charge in [-0.3, -0.25) is 23.9 Å². The van der Waals surface area contributed by atoms with E-state index in [0.717, 1.165) is 0 Å². The fourth-order valence-corrected chi connectivity index (χ4v) is 1.51. The fourth-order valence-electron chi connectivity index (χ4n) is 1.51. The molecule has 0 spiro atoms. The normalized spacial score (nSPS) is 9.62. The second-order valence-corrected chi connectivity index (χ2v) is 4.60. The van der Waals surface area contributed by atoms with Crippen molar-refractivity contribution in [1.82, 2.24) is 20.2 Å². The molecule has 3 N–H and O–H groups in total. The zero-order valence-electron chi connectivity index (χ0n) is 13.3. The van der Waals surface area contributed by atoms with Gasteiger partial charge in [-0.25, -0.2) is 9.59 Å². The molecule has 0 saturated carbocycles. The number of rotatable bonds is 8. The second-order valence-electron chi connectivity index (χ2n) is 4.60. The zero-order chi connectivity index (χ0) is 18.8. The number of ether oxygens (including phenoxy) is 2. The minimum Gasteiger partial charge on any atom is -0.432 e. The number of aromatic amines is 1. The highest BCUT2D eigenvalue weighted by molar-refractivity contribution is 5.83. The van der Waals surface area contributed by atoms with Crippen LogP contribution in [-0.4, -0.2) is 47.7 Å². The van der Waals surface area contributed by atoms with Gasteiger partial charge in [-0.1, -0.05) is 7.43 Å². The molecule has 0 aliphatic rings. The van der Waals surface area contributed by atoms with Crippen LogP contribution in [0.3, 0.4) is 0 Å². The molecule has 12 heteroatoms. The molecule has 0 unspecified atom stereocenters. The molecule has 11 nitrogen and oxygen atoms in total. The summed E-state index contributed by atoms with van der Waals surface area (Å²) in [4.78, 5) is 57.4. The predicted octanol–water partition coefficient (Wildman–Crippen LogP) is -0.935. The lowest BCUT2D eigenvalue weighted by Gasteiger charge is -2.08. The SMILES string of the molecule is C.CNC(=O)CCC(=O)NCCOC(=O)OCn1cc(F)c(=O)[nH]c1=O. The van der Waals surface area contributed by atoms with E-state index in [2.05, 4.69) is 20.1 Å². The van der Waals surface area contributed by atoms with E-state index in [9.17, 15) is 28.4 Å². The van der Waals surface area contributed by atoms with Gasteiger partial charge in [-0.15, -0.1) is 0 Å². The summed E-state index contributed by atoms with van der Waals surface area (Å²) in [7, 11) is 1.45. The molecule has 0 aliphatic heterocycles. The summed E-state index contributed by atoms with van der Waals surface area (Å²) in [6, 6.07) is 0. The summed E-state index contributed by atoms with van der Waals surface area (Å²) in [5.74, 6) is -1.88. The molecule has 0 bridgehead atoms. The number of halogens is 1. The number of carbonyl (C=O) groups excluding carboxylic acids is 3. The molecule has 0 aliphatic carbocycles.